The summed E-state index contributed by atoms with van der Waals surface area (Å²) in [5, 5.41) is 2.45. The van der Waals surface area contributed by atoms with Crippen LogP contribution in [0.15, 0.2) is 29.6 Å². The molecular formula is C14H16FN3OS. The summed E-state index contributed by atoms with van der Waals surface area (Å²) in [5.41, 5.74) is 6.99. The lowest BCUT2D eigenvalue weighted by atomic mass is 10.2. The predicted molar refractivity (Wildman–Crippen MR) is 76.9 cm³/mol. The first kappa shape index (κ1) is 14.6. The summed E-state index contributed by atoms with van der Waals surface area (Å²) in [6, 6.07) is 5.90. The summed E-state index contributed by atoms with van der Waals surface area (Å²) >= 11 is 1.38. The van der Waals surface area contributed by atoms with Crippen molar-refractivity contribution in [2.45, 2.75) is 19.5 Å². The summed E-state index contributed by atoms with van der Waals surface area (Å²) in [6.07, 6.45) is 0. The number of benzene rings is 1. The molecule has 0 aliphatic heterocycles. The first-order chi connectivity index (χ1) is 9.47. The second-order valence-electron chi connectivity index (χ2n) is 4.65. The van der Waals surface area contributed by atoms with Crippen LogP contribution in [-0.4, -0.2) is 22.8 Å². The second-order valence-corrected chi connectivity index (χ2v) is 5.54. The van der Waals surface area contributed by atoms with Crippen molar-refractivity contribution in [1.29, 1.82) is 0 Å². The van der Waals surface area contributed by atoms with Gasteiger partial charge in [-0.25, -0.2) is 9.37 Å². The molecule has 6 heteroatoms. The van der Waals surface area contributed by atoms with Crippen LogP contribution in [0.5, 0.6) is 0 Å². The van der Waals surface area contributed by atoms with Crippen molar-refractivity contribution < 1.29 is 9.18 Å². The van der Waals surface area contributed by atoms with E-state index in [-0.39, 0.29) is 17.8 Å². The van der Waals surface area contributed by atoms with Crippen molar-refractivity contribution in [1.82, 2.24) is 9.88 Å². The minimum absolute atomic E-state index is 0.169. The topological polar surface area (TPSA) is 59.2 Å². The van der Waals surface area contributed by atoms with Gasteiger partial charge in [-0.2, -0.15) is 0 Å². The van der Waals surface area contributed by atoms with Crippen LogP contribution in [-0.2, 0) is 6.54 Å². The summed E-state index contributed by atoms with van der Waals surface area (Å²) in [7, 11) is 1.69. The van der Waals surface area contributed by atoms with E-state index in [1.165, 1.54) is 23.5 Å². The van der Waals surface area contributed by atoms with Gasteiger partial charge in [-0.05, 0) is 24.6 Å². The van der Waals surface area contributed by atoms with Gasteiger partial charge < -0.3 is 10.6 Å². The van der Waals surface area contributed by atoms with E-state index in [0.29, 0.717) is 12.2 Å². The van der Waals surface area contributed by atoms with Crippen LogP contribution in [0.25, 0.3) is 0 Å². The number of hydrogen-bond donors (Lipinski definition) is 1. The molecule has 0 spiro atoms. The van der Waals surface area contributed by atoms with E-state index < -0.39 is 0 Å². The molecule has 0 saturated heterocycles. The number of nitrogens with two attached hydrogens (primary N) is 1. The Kier molecular flexibility index (Phi) is 4.46. The molecule has 0 saturated carbocycles. The number of thiazole rings is 1. The normalized spacial score (nSPS) is 12.2. The lowest BCUT2D eigenvalue weighted by Crippen LogP contribution is -2.26. The summed E-state index contributed by atoms with van der Waals surface area (Å²) in [5.74, 6) is -0.457. The standard InChI is InChI=1S/C14H16FN3OS/c1-9(16)13-17-12(8-20-13)14(19)18(2)7-10-3-5-11(15)6-4-10/h3-6,8-9H,7,16H2,1-2H3. The Morgan fingerprint density at radius 3 is 2.65 bits per heavy atom. The SMILES string of the molecule is CC(N)c1nc(C(=O)N(C)Cc2ccc(F)cc2)cs1. The number of hydrogen-bond acceptors (Lipinski definition) is 4. The Hall–Kier alpha value is -1.79. The minimum atomic E-state index is -0.288. The van der Waals surface area contributed by atoms with Crippen molar-refractivity contribution in [2.75, 3.05) is 7.05 Å². The Labute approximate surface area is 121 Å². The highest BCUT2D eigenvalue weighted by Crippen LogP contribution is 2.17. The van der Waals surface area contributed by atoms with E-state index in [1.807, 2.05) is 6.92 Å². The first-order valence-corrected chi connectivity index (χ1v) is 7.06. The van der Waals surface area contributed by atoms with Gasteiger partial charge in [0.15, 0.2) is 0 Å². The van der Waals surface area contributed by atoms with Gasteiger partial charge in [0.1, 0.15) is 16.5 Å². The third-order valence-electron chi connectivity index (χ3n) is 2.81. The van der Waals surface area contributed by atoms with Gasteiger partial charge in [-0.1, -0.05) is 12.1 Å². The molecule has 0 bridgehead atoms. The molecule has 1 heterocycles. The summed E-state index contributed by atoms with van der Waals surface area (Å²) in [6.45, 7) is 2.24. The van der Waals surface area contributed by atoms with E-state index >= 15 is 0 Å². The van der Waals surface area contributed by atoms with Crippen LogP contribution in [0.4, 0.5) is 4.39 Å². The number of aromatic nitrogens is 1. The highest BCUT2D eigenvalue weighted by Gasteiger charge is 2.16. The van der Waals surface area contributed by atoms with Crippen LogP contribution in [0.1, 0.15) is 34.0 Å². The fourth-order valence-corrected chi connectivity index (χ4v) is 2.48. The molecule has 1 unspecified atom stereocenters. The second kappa shape index (κ2) is 6.11. The smallest absolute Gasteiger partial charge is 0.273 e. The molecule has 0 fully saturated rings. The molecule has 2 N–H and O–H groups in total. The molecule has 106 valence electrons. The van der Waals surface area contributed by atoms with Gasteiger partial charge in [-0.15, -0.1) is 11.3 Å². The van der Waals surface area contributed by atoms with Gasteiger partial charge in [0, 0.05) is 19.0 Å². The number of halogens is 1. The van der Waals surface area contributed by atoms with Crippen molar-refractivity contribution in [3.63, 3.8) is 0 Å². The Balaban J connectivity index is 2.06. The van der Waals surface area contributed by atoms with Crippen molar-refractivity contribution in [3.05, 3.63) is 51.7 Å². The van der Waals surface area contributed by atoms with Gasteiger partial charge >= 0.3 is 0 Å². The third kappa shape index (κ3) is 3.40. The molecule has 1 aromatic heterocycles. The molecule has 1 atom stereocenters. The van der Waals surface area contributed by atoms with E-state index in [1.54, 1.807) is 29.5 Å². The average Bonchev–Trinajstić information content (AvgIpc) is 2.90. The third-order valence-corrected chi connectivity index (χ3v) is 3.86. The summed E-state index contributed by atoms with van der Waals surface area (Å²) < 4.78 is 12.8. The van der Waals surface area contributed by atoms with Gasteiger partial charge in [0.2, 0.25) is 0 Å². The van der Waals surface area contributed by atoms with Crippen molar-refractivity contribution >= 4 is 17.2 Å². The van der Waals surface area contributed by atoms with Crippen LogP contribution in [0.3, 0.4) is 0 Å². The molecule has 2 aromatic rings. The first-order valence-electron chi connectivity index (χ1n) is 6.18. The zero-order chi connectivity index (χ0) is 14.7. The molecule has 0 aliphatic rings. The number of amides is 1. The van der Waals surface area contributed by atoms with Crippen LogP contribution in [0.2, 0.25) is 0 Å². The molecule has 0 aliphatic carbocycles. The monoisotopic (exact) mass is 293 g/mol. The Morgan fingerprint density at radius 1 is 1.45 bits per heavy atom. The van der Waals surface area contributed by atoms with Gasteiger partial charge in [0.25, 0.3) is 5.91 Å². The number of nitrogens with zero attached hydrogens (tertiary/aromatic N) is 2. The molecule has 4 nitrogen and oxygen atoms in total. The molecule has 2 rings (SSSR count). The van der Waals surface area contributed by atoms with Crippen LogP contribution < -0.4 is 5.73 Å². The van der Waals surface area contributed by atoms with Crippen LogP contribution in [0, 0.1) is 5.82 Å². The van der Waals surface area contributed by atoms with E-state index in [2.05, 4.69) is 4.98 Å². The van der Waals surface area contributed by atoms with Crippen LogP contribution >= 0.6 is 11.3 Å². The molecule has 0 radical (unpaired) electrons. The Bertz CT molecular complexity index is 595. The van der Waals surface area contributed by atoms with E-state index in [0.717, 1.165) is 10.6 Å². The Morgan fingerprint density at radius 2 is 2.10 bits per heavy atom. The maximum absolute atomic E-state index is 12.8. The fraction of sp³-hybridized carbons (Fsp3) is 0.286. The van der Waals surface area contributed by atoms with Gasteiger partial charge in [-0.3, -0.25) is 4.79 Å². The largest absolute Gasteiger partial charge is 0.336 e. The van der Waals surface area contributed by atoms with Gasteiger partial charge in [0.05, 0.1) is 6.04 Å². The minimum Gasteiger partial charge on any atom is -0.336 e. The lowest BCUT2D eigenvalue weighted by Gasteiger charge is -2.16. The zero-order valence-corrected chi connectivity index (χ0v) is 12.2. The quantitative estimate of drug-likeness (QED) is 0.942. The van der Waals surface area contributed by atoms with Crippen molar-refractivity contribution in [3.8, 4) is 0 Å². The van der Waals surface area contributed by atoms with Crippen molar-refractivity contribution in [2.24, 2.45) is 5.73 Å². The number of rotatable bonds is 4. The summed E-state index contributed by atoms with van der Waals surface area (Å²) in [4.78, 5) is 18.0. The van der Waals surface area contributed by atoms with E-state index in [9.17, 15) is 9.18 Å². The predicted octanol–water partition coefficient (Wildman–Crippen LogP) is 2.57. The maximum atomic E-state index is 12.8. The fourth-order valence-electron chi connectivity index (χ4n) is 1.73. The lowest BCUT2D eigenvalue weighted by molar-refractivity contribution is 0.0780. The van der Waals surface area contributed by atoms with E-state index in [4.69, 9.17) is 5.73 Å². The highest BCUT2D eigenvalue weighted by atomic mass is 32.1. The maximum Gasteiger partial charge on any atom is 0.273 e. The zero-order valence-electron chi connectivity index (χ0n) is 11.3. The molecule has 1 amide bonds. The number of carbonyl (C=O) groups excluding carboxylic acids is 1. The molecular weight excluding hydrogens is 277 g/mol. The highest BCUT2D eigenvalue weighted by molar-refractivity contribution is 7.09. The molecule has 1 aromatic carbocycles. The molecule has 20 heavy (non-hydrogen) atoms. The average molecular weight is 293 g/mol. The number of carbonyl (C=O) groups is 1.